The molecule has 0 spiro atoms. The monoisotopic (exact) mass is 308 g/mol. The van der Waals surface area contributed by atoms with Gasteiger partial charge in [0, 0.05) is 24.5 Å². The first-order chi connectivity index (χ1) is 10.1. The lowest BCUT2D eigenvalue weighted by Crippen LogP contribution is -2.35. The fraction of sp³-hybridized carbons (Fsp3) is 0.267. The van der Waals surface area contributed by atoms with Crippen LogP contribution in [-0.2, 0) is 0 Å². The van der Waals surface area contributed by atoms with Gasteiger partial charge >= 0.3 is 0 Å². The topological polar surface area (TPSA) is 63.5 Å². The maximum Gasteiger partial charge on any atom is 0.255 e. The molecule has 1 atom stereocenters. The highest BCUT2D eigenvalue weighted by atomic mass is 35.5. The molecule has 0 aliphatic rings. The molecule has 5 nitrogen and oxygen atoms in total. The summed E-state index contributed by atoms with van der Waals surface area (Å²) in [6.45, 7) is 1.57. The van der Waals surface area contributed by atoms with Gasteiger partial charge < -0.3 is 19.7 Å². The van der Waals surface area contributed by atoms with Gasteiger partial charge in [-0.1, -0.05) is 11.6 Å². The molecule has 0 bridgehead atoms. The number of aliphatic hydroxyl groups excluding tert-OH is 1. The van der Waals surface area contributed by atoms with Crippen LogP contribution in [0.15, 0.2) is 36.7 Å². The van der Waals surface area contributed by atoms with Crippen molar-refractivity contribution in [3.63, 3.8) is 0 Å². The molecule has 0 saturated heterocycles. The minimum absolute atomic E-state index is 0.136. The van der Waals surface area contributed by atoms with Crippen molar-refractivity contribution in [2.45, 2.75) is 13.0 Å². The Morgan fingerprint density at radius 3 is 2.67 bits per heavy atom. The van der Waals surface area contributed by atoms with Crippen molar-refractivity contribution in [2.75, 3.05) is 13.7 Å². The number of nitrogens with zero attached hydrogens (tertiary/aromatic N) is 1. The molecule has 0 saturated carbocycles. The van der Waals surface area contributed by atoms with E-state index in [1.807, 2.05) is 29.1 Å². The van der Waals surface area contributed by atoms with Gasteiger partial charge in [-0.05, 0) is 25.1 Å². The van der Waals surface area contributed by atoms with Gasteiger partial charge in [0.05, 0.1) is 30.0 Å². The van der Waals surface area contributed by atoms with E-state index in [1.165, 1.54) is 7.11 Å². The molecule has 2 aromatic rings. The van der Waals surface area contributed by atoms with Gasteiger partial charge in [-0.3, -0.25) is 4.79 Å². The molecule has 1 amide bonds. The molecule has 1 unspecified atom stereocenters. The first-order valence-electron chi connectivity index (χ1n) is 6.49. The van der Waals surface area contributed by atoms with E-state index >= 15 is 0 Å². The lowest BCUT2D eigenvalue weighted by atomic mass is 10.1. The number of carbonyl (C=O) groups excluding carboxylic acids is 1. The van der Waals surface area contributed by atoms with Crippen LogP contribution in [0.2, 0.25) is 5.02 Å². The molecule has 1 heterocycles. The summed E-state index contributed by atoms with van der Waals surface area (Å²) in [5, 5.41) is 12.1. The van der Waals surface area contributed by atoms with Gasteiger partial charge in [-0.2, -0.15) is 0 Å². The van der Waals surface area contributed by atoms with Crippen LogP contribution in [0.3, 0.4) is 0 Å². The second-order valence-corrected chi connectivity index (χ2v) is 5.06. The number of rotatable bonds is 5. The van der Waals surface area contributed by atoms with Gasteiger partial charge in [-0.15, -0.1) is 0 Å². The molecule has 0 aliphatic carbocycles. The number of nitrogens with one attached hydrogen (secondary N) is 1. The van der Waals surface area contributed by atoms with Crippen LogP contribution in [0, 0.1) is 0 Å². The van der Waals surface area contributed by atoms with Crippen LogP contribution in [0.5, 0.6) is 5.75 Å². The summed E-state index contributed by atoms with van der Waals surface area (Å²) in [7, 11) is 1.49. The van der Waals surface area contributed by atoms with E-state index in [4.69, 9.17) is 21.4 Å². The van der Waals surface area contributed by atoms with Crippen LogP contribution < -0.4 is 10.1 Å². The Balaban J connectivity index is 2.40. The Hall–Kier alpha value is -1.98. The van der Waals surface area contributed by atoms with Crippen LogP contribution in [0.4, 0.5) is 0 Å². The standard InChI is InChI=1S/C15H17ClN2O3/c1-10(9-19)17-15(20)11-7-12(16)13(8-14(11)21-2)18-5-3-4-6-18/h3-8,10,19H,9H2,1-2H3,(H,17,20). The molecule has 6 heteroatoms. The van der Waals surface area contributed by atoms with Crippen molar-refractivity contribution in [1.29, 1.82) is 0 Å². The van der Waals surface area contributed by atoms with E-state index in [0.717, 1.165) is 5.69 Å². The quantitative estimate of drug-likeness (QED) is 0.890. The zero-order valence-corrected chi connectivity index (χ0v) is 12.6. The molecular formula is C15H17ClN2O3. The lowest BCUT2D eigenvalue weighted by molar-refractivity contribution is 0.0919. The van der Waals surface area contributed by atoms with Crippen molar-refractivity contribution in [3.05, 3.63) is 47.2 Å². The number of hydrogen-bond acceptors (Lipinski definition) is 3. The van der Waals surface area contributed by atoms with Crippen molar-refractivity contribution in [1.82, 2.24) is 9.88 Å². The molecule has 0 aliphatic heterocycles. The smallest absolute Gasteiger partial charge is 0.255 e. The Kier molecular flexibility index (Phi) is 4.88. The first-order valence-corrected chi connectivity index (χ1v) is 6.87. The zero-order chi connectivity index (χ0) is 15.4. The summed E-state index contributed by atoms with van der Waals surface area (Å²) in [6, 6.07) is 6.69. The Bertz CT molecular complexity index is 626. The fourth-order valence-electron chi connectivity index (χ4n) is 1.93. The molecule has 112 valence electrons. The molecule has 0 radical (unpaired) electrons. The lowest BCUT2D eigenvalue weighted by Gasteiger charge is -2.15. The number of benzene rings is 1. The predicted molar refractivity (Wildman–Crippen MR) is 81.3 cm³/mol. The Morgan fingerprint density at radius 1 is 1.43 bits per heavy atom. The van der Waals surface area contributed by atoms with Crippen molar-refractivity contribution in [2.24, 2.45) is 0 Å². The van der Waals surface area contributed by atoms with Gasteiger partial charge in [-0.25, -0.2) is 0 Å². The van der Waals surface area contributed by atoms with E-state index in [1.54, 1.807) is 19.1 Å². The molecular weight excluding hydrogens is 292 g/mol. The summed E-state index contributed by atoms with van der Waals surface area (Å²) < 4.78 is 7.12. The number of aliphatic hydroxyl groups is 1. The maximum absolute atomic E-state index is 12.2. The summed E-state index contributed by atoms with van der Waals surface area (Å²) in [6.07, 6.45) is 3.71. The molecule has 1 aromatic heterocycles. The largest absolute Gasteiger partial charge is 0.496 e. The number of amides is 1. The second-order valence-electron chi connectivity index (χ2n) is 4.65. The minimum Gasteiger partial charge on any atom is -0.496 e. The summed E-state index contributed by atoms with van der Waals surface area (Å²) in [5.41, 5.74) is 1.06. The van der Waals surface area contributed by atoms with E-state index in [0.29, 0.717) is 16.3 Å². The molecule has 0 fully saturated rings. The van der Waals surface area contributed by atoms with E-state index in [-0.39, 0.29) is 18.6 Å². The maximum atomic E-state index is 12.2. The highest BCUT2D eigenvalue weighted by Crippen LogP contribution is 2.30. The highest BCUT2D eigenvalue weighted by Gasteiger charge is 2.17. The number of aromatic nitrogens is 1. The third kappa shape index (κ3) is 3.37. The molecule has 21 heavy (non-hydrogen) atoms. The van der Waals surface area contributed by atoms with E-state index in [9.17, 15) is 4.79 Å². The third-order valence-corrected chi connectivity index (χ3v) is 3.35. The van der Waals surface area contributed by atoms with Crippen LogP contribution in [0.1, 0.15) is 17.3 Å². The van der Waals surface area contributed by atoms with Gasteiger partial charge in [0.15, 0.2) is 0 Å². The zero-order valence-electron chi connectivity index (χ0n) is 11.8. The average Bonchev–Trinajstić information content (AvgIpc) is 3.00. The number of ether oxygens (including phenoxy) is 1. The number of hydrogen-bond donors (Lipinski definition) is 2. The van der Waals surface area contributed by atoms with Crippen LogP contribution in [-0.4, -0.2) is 35.3 Å². The molecule has 2 N–H and O–H groups in total. The SMILES string of the molecule is COc1cc(-n2cccc2)c(Cl)cc1C(=O)NC(C)CO. The Morgan fingerprint density at radius 2 is 2.10 bits per heavy atom. The van der Waals surface area contributed by atoms with Gasteiger partial charge in [0.1, 0.15) is 5.75 Å². The van der Waals surface area contributed by atoms with Crippen LogP contribution >= 0.6 is 11.6 Å². The molecule has 1 aromatic carbocycles. The van der Waals surface area contributed by atoms with Gasteiger partial charge in [0.2, 0.25) is 0 Å². The van der Waals surface area contributed by atoms with Crippen molar-refractivity contribution < 1.29 is 14.6 Å². The van der Waals surface area contributed by atoms with Gasteiger partial charge in [0.25, 0.3) is 5.91 Å². The summed E-state index contributed by atoms with van der Waals surface area (Å²) in [4.78, 5) is 12.2. The Labute approximate surface area is 128 Å². The normalized spacial score (nSPS) is 12.0. The van der Waals surface area contributed by atoms with Crippen LogP contribution in [0.25, 0.3) is 5.69 Å². The van der Waals surface area contributed by atoms with Crippen molar-refractivity contribution in [3.8, 4) is 11.4 Å². The average molecular weight is 309 g/mol. The van der Waals surface area contributed by atoms with Crippen molar-refractivity contribution >= 4 is 17.5 Å². The second kappa shape index (κ2) is 6.65. The minimum atomic E-state index is -0.342. The highest BCUT2D eigenvalue weighted by molar-refractivity contribution is 6.33. The fourth-order valence-corrected chi connectivity index (χ4v) is 2.19. The summed E-state index contributed by atoms with van der Waals surface area (Å²) in [5.74, 6) is 0.0834. The summed E-state index contributed by atoms with van der Waals surface area (Å²) >= 11 is 6.26. The predicted octanol–water partition coefficient (Wildman–Crippen LogP) is 2.25. The number of carbonyl (C=O) groups is 1. The number of methoxy groups -OCH3 is 1. The van der Waals surface area contributed by atoms with E-state index in [2.05, 4.69) is 5.32 Å². The first kappa shape index (κ1) is 15.4. The number of halogens is 1. The molecule has 2 rings (SSSR count). The third-order valence-electron chi connectivity index (χ3n) is 3.05. The van der Waals surface area contributed by atoms with E-state index < -0.39 is 0 Å².